The lowest BCUT2D eigenvalue weighted by Gasteiger charge is -2.02. The van der Waals surface area contributed by atoms with Gasteiger partial charge in [0.05, 0.1) is 27.5 Å². The van der Waals surface area contributed by atoms with E-state index in [2.05, 4.69) is 10.3 Å². The molecule has 1 heterocycles. The summed E-state index contributed by atoms with van der Waals surface area (Å²) in [4.78, 5) is 27.5. The van der Waals surface area contributed by atoms with Crippen molar-refractivity contribution in [1.82, 2.24) is 4.98 Å². The lowest BCUT2D eigenvalue weighted by Crippen LogP contribution is -2.13. The Hall–Kier alpha value is -2.65. The van der Waals surface area contributed by atoms with Gasteiger partial charge in [-0.3, -0.25) is 14.9 Å². The van der Waals surface area contributed by atoms with Crippen molar-refractivity contribution in [2.75, 3.05) is 17.7 Å². The number of carbonyl (C=O) groups is 1. The third-order valence-corrected chi connectivity index (χ3v) is 5.28. The number of nitrogens with one attached hydrogen (secondary N) is 1. The first kappa shape index (κ1) is 18.2. The van der Waals surface area contributed by atoms with Crippen molar-refractivity contribution in [1.29, 1.82) is 0 Å². The number of hydrogen-bond acceptors (Lipinski definition) is 7. The monoisotopic (exact) mass is 389 g/mol. The first-order chi connectivity index (χ1) is 12.5. The maximum absolute atomic E-state index is 12.1. The largest absolute Gasteiger partial charge is 0.494 e. The molecule has 0 unspecified atom stereocenters. The van der Waals surface area contributed by atoms with Crippen molar-refractivity contribution < 1.29 is 14.5 Å². The molecule has 134 valence electrons. The molecule has 0 radical (unpaired) electrons. The van der Waals surface area contributed by atoms with E-state index in [0.717, 1.165) is 20.9 Å². The second kappa shape index (κ2) is 8.15. The smallest absolute Gasteiger partial charge is 0.269 e. The summed E-state index contributed by atoms with van der Waals surface area (Å²) in [6, 6.07) is 11.7. The molecule has 0 bridgehead atoms. The van der Waals surface area contributed by atoms with Gasteiger partial charge in [-0.05, 0) is 37.3 Å². The Labute approximate surface area is 157 Å². The number of aromatic nitrogens is 1. The summed E-state index contributed by atoms with van der Waals surface area (Å²) in [5.74, 6) is 0.783. The molecule has 26 heavy (non-hydrogen) atoms. The summed E-state index contributed by atoms with van der Waals surface area (Å²) in [5, 5.41) is 13.9. The highest BCUT2D eigenvalue weighted by molar-refractivity contribution is 8.00. The molecule has 0 fully saturated rings. The highest BCUT2D eigenvalue weighted by atomic mass is 32.2. The predicted octanol–water partition coefficient (Wildman–Crippen LogP) is 4.33. The Morgan fingerprint density at radius 1 is 1.31 bits per heavy atom. The standard InChI is InChI=1S/C17H15N3O4S2/c1-2-24-12-5-8-14-15(9-12)26-17(18-14)19-16(21)10-25-13-6-3-11(4-7-13)20(22)23/h3-9H,2,10H2,1H3,(H,18,19,21). The summed E-state index contributed by atoms with van der Waals surface area (Å²) < 4.78 is 6.40. The zero-order chi connectivity index (χ0) is 18.5. The van der Waals surface area contributed by atoms with E-state index in [4.69, 9.17) is 4.74 Å². The molecule has 0 aliphatic carbocycles. The number of non-ortho nitro benzene ring substituents is 1. The van der Waals surface area contributed by atoms with Gasteiger partial charge in [-0.2, -0.15) is 0 Å². The summed E-state index contributed by atoms with van der Waals surface area (Å²) in [6.07, 6.45) is 0. The Morgan fingerprint density at radius 3 is 2.77 bits per heavy atom. The van der Waals surface area contributed by atoms with Crippen LogP contribution in [-0.2, 0) is 4.79 Å². The lowest BCUT2D eigenvalue weighted by molar-refractivity contribution is -0.384. The average Bonchev–Trinajstić information content (AvgIpc) is 3.02. The fourth-order valence-electron chi connectivity index (χ4n) is 2.18. The normalized spacial score (nSPS) is 10.7. The highest BCUT2D eigenvalue weighted by Crippen LogP contribution is 2.29. The Bertz CT molecular complexity index is 941. The second-order valence-electron chi connectivity index (χ2n) is 5.17. The third-order valence-electron chi connectivity index (χ3n) is 3.33. The van der Waals surface area contributed by atoms with E-state index in [0.29, 0.717) is 11.7 Å². The number of nitro groups is 1. The van der Waals surface area contributed by atoms with Gasteiger partial charge in [-0.1, -0.05) is 11.3 Å². The zero-order valence-electron chi connectivity index (χ0n) is 13.8. The van der Waals surface area contributed by atoms with Crippen molar-refractivity contribution in [3.63, 3.8) is 0 Å². The van der Waals surface area contributed by atoms with Crippen LogP contribution in [0.1, 0.15) is 6.92 Å². The topological polar surface area (TPSA) is 94.4 Å². The minimum Gasteiger partial charge on any atom is -0.494 e. The SMILES string of the molecule is CCOc1ccc2nc(NC(=O)CSc3ccc([N+](=O)[O-])cc3)sc2c1. The summed E-state index contributed by atoms with van der Waals surface area (Å²) in [7, 11) is 0. The minimum absolute atomic E-state index is 0.0275. The molecule has 0 aliphatic heterocycles. The fourth-order valence-corrected chi connectivity index (χ4v) is 3.79. The van der Waals surface area contributed by atoms with Gasteiger partial charge in [0, 0.05) is 17.0 Å². The van der Waals surface area contributed by atoms with E-state index in [-0.39, 0.29) is 17.3 Å². The van der Waals surface area contributed by atoms with E-state index < -0.39 is 4.92 Å². The minimum atomic E-state index is -0.453. The maximum Gasteiger partial charge on any atom is 0.269 e. The number of nitro benzene ring substituents is 1. The van der Waals surface area contributed by atoms with Crippen molar-refractivity contribution >= 4 is 50.0 Å². The van der Waals surface area contributed by atoms with Gasteiger partial charge in [0.2, 0.25) is 5.91 Å². The van der Waals surface area contributed by atoms with Crippen LogP contribution in [-0.4, -0.2) is 28.2 Å². The fraction of sp³-hybridized carbons (Fsp3) is 0.176. The number of ether oxygens (including phenoxy) is 1. The molecule has 0 spiro atoms. The van der Waals surface area contributed by atoms with Gasteiger partial charge in [0.1, 0.15) is 5.75 Å². The molecule has 1 N–H and O–H groups in total. The molecule has 3 aromatic rings. The van der Waals surface area contributed by atoms with E-state index in [1.54, 1.807) is 12.1 Å². The predicted molar refractivity (Wildman–Crippen MR) is 103 cm³/mol. The van der Waals surface area contributed by atoms with E-state index in [1.807, 2.05) is 25.1 Å². The molecule has 0 saturated heterocycles. The summed E-state index contributed by atoms with van der Waals surface area (Å²) in [5.41, 5.74) is 0.830. The number of amides is 1. The first-order valence-electron chi connectivity index (χ1n) is 7.75. The van der Waals surface area contributed by atoms with E-state index in [9.17, 15) is 14.9 Å². The van der Waals surface area contributed by atoms with Crippen LogP contribution in [0.4, 0.5) is 10.8 Å². The van der Waals surface area contributed by atoms with Crippen molar-refractivity contribution in [2.45, 2.75) is 11.8 Å². The average molecular weight is 389 g/mol. The maximum atomic E-state index is 12.1. The molecule has 0 aliphatic rings. The number of nitrogens with zero attached hydrogens (tertiary/aromatic N) is 2. The molecular formula is C17H15N3O4S2. The van der Waals surface area contributed by atoms with Crippen molar-refractivity contribution in [3.05, 3.63) is 52.6 Å². The van der Waals surface area contributed by atoms with Crippen LogP contribution in [0.25, 0.3) is 10.2 Å². The molecule has 9 heteroatoms. The Balaban J connectivity index is 1.59. The van der Waals surface area contributed by atoms with Crippen LogP contribution in [0.3, 0.4) is 0 Å². The second-order valence-corrected chi connectivity index (χ2v) is 7.25. The molecule has 0 atom stereocenters. The molecule has 2 aromatic carbocycles. The number of thioether (sulfide) groups is 1. The Morgan fingerprint density at radius 2 is 2.08 bits per heavy atom. The van der Waals surface area contributed by atoms with Gasteiger partial charge in [0.15, 0.2) is 5.13 Å². The molecule has 0 saturated carbocycles. The quantitative estimate of drug-likeness (QED) is 0.367. The van der Waals surface area contributed by atoms with Crippen LogP contribution in [0, 0.1) is 10.1 Å². The number of carbonyl (C=O) groups excluding carboxylic acids is 1. The van der Waals surface area contributed by atoms with Crippen LogP contribution < -0.4 is 10.1 Å². The third kappa shape index (κ3) is 4.50. The molecule has 7 nitrogen and oxygen atoms in total. The van der Waals surface area contributed by atoms with Gasteiger partial charge in [-0.15, -0.1) is 11.8 Å². The molecule has 1 aromatic heterocycles. The van der Waals surface area contributed by atoms with Gasteiger partial charge < -0.3 is 10.1 Å². The van der Waals surface area contributed by atoms with Crippen LogP contribution in [0.5, 0.6) is 5.75 Å². The Kier molecular flexibility index (Phi) is 5.69. The molecular weight excluding hydrogens is 374 g/mol. The van der Waals surface area contributed by atoms with Crippen molar-refractivity contribution in [2.24, 2.45) is 0 Å². The number of benzene rings is 2. The number of rotatable bonds is 7. The first-order valence-corrected chi connectivity index (χ1v) is 9.56. The number of hydrogen-bond donors (Lipinski definition) is 1. The van der Waals surface area contributed by atoms with E-state index >= 15 is 0 Å². The van der Waals surface area contributed by atoms with Crippen LogP contribution in [0.15, 0.2) is 47.4 Å². The number of thiazole rings is 1. The summed E-state index contributed by atoms with van der Waals surface area (Å²) in [6.45, 7) is 2.51. The number of fused-ring (bicyclic) bond motifs is 1. The van der Waals surface area contributed by atoms with Gasteiger partial charge in [-0.25, -0.2) is 4.98 Å². The molecule has 3 rings (SSSR count). The lowest BCUT2D eigenvalue weighted by atomic mass is 10.3. The van der Waals surface area contributed by atoms with Gasteiger partial charge >= 0.3 is 0 Å². The van der Waals surface area contributed by atoms with Crippen LogP contribution in [0.2, 0.25) is 0 Å². The van der Waals surface area contributed by atoms with Crippen molar-refractivity contribution in [3.8, 4) is 5.75 Å². The number of anilines is 1. The molecule has 1 amide bonds. The van der Waals surface area contributed by atoms with Gasteiger partial charge in [0.25, 0.3) is 5.69 Å². The zero-order valence-corrected chi connectivity index (χ0v) is 15.4. The summed E-state index contributed by atoms with van der Waals surface area (Å²) >= 11 is 2.69. The van der Waals surface area contributed by atoms with Crippen LogP contribution >= 0.6 is 23.1 Å². The van der Waals surface area contributed by atoms with E-state index in [1.165, 1.54) is 35.2 Å². The highest BCUT2D eigenvalue weighted by Gasteiger charge is 2.10.